The van der Waals surface area contributed by atoms with Crippen LogP contribution in [0.1, 0.15) is 44.1 Å². The van der Waals surface area contributed by atoms with Gasteiger partial charge in [-0.15, -0.1) is 0 Å². The van der Waals surface area contributed by atoms with E-state index in [0.717, 1.165) is 38.8 Å². The molecule has 2 aliphatic rings. The first-order valence-electron chi connectivity index (χ1n) is 9.68. The van der Waals surface area contributed by atoms with Gasteiger partial charge in [-0.2, -0.15) is 0 Å². The fraction of sp³-hybridized carbons (Fsp3) is 0.600. The van der Waals surface area contributed by atoms with E-state index in [1.54, 1.807) is 18.2 Å². The van der Waals surface area contributed by atoms with Crippen molar-refractivity contribution in [1.29, 1.82) is 0 Å². The maximum atomic E-state index is 14.0. The van der Waals surface area contributed by atoms with Gasteiger partial charge in [-0.05, 0) is 18.9 Å². The third-order valence-corrected chi connectivity index (χ3v) is 5.35. The number of rotatable bonds is 4. The molecule has 2 aliphatic heterocycles. The van der Waals surface area contributed by atoms with Gasteiger partial charge in [0, 0.05) is 38.3 Å². The molecule has 142 valence electrons. The Hall–Kier alpha value is -1.95. The van der Waals surface area contributed by atoms with Gasteiger partial charge in [0.25, 0.3) is 0 Å². The largest absolute Gasteiger partial charge is 0.353 e. The van der Waals surface area contributed by atoms with Crippen LogP contribution in [0.4, 0.5) is 4.39 Å². The Kier molecular flexibility index (Phi) is 6.61. The van der Waals surface area contributed by atoms with Gasteiger partial charge in [0.2, 0.25) is 11.8 Å². The van der Waals surface area contributed by atoms with Gasteiger partial charge in [-0.25, -0.2) is 4.39 Å². The molecule has 1 aromatic carbocycles. The number of hydrogen-bond donors (Lipinski definition) is 1. The standard InChI is InChI=1S/C20H28FN3O2/c21-17-9-5-4-8-16(17)15-24-13-10-22-20(26)18(24)14-19(25)23-11-6-2-1-3-7-12-23/h4-5,8-9,18H,1-3,6-7,10-15H2,(H,22,26). The number of halogens is 1. The van der Waals surface area contributed by atoms with E-state index in [4.69, 9.17) is 0 Å². The number of hydrogen-bond acceptors (Lipinski definition) is 3. The van der Waals surface area contributed by atoms with Crippen molar-refractivity contribution in [1.82, 2.24) is 15.1 Å². The van der Waals surface area contributed by atoms with Gasteiger partial charge in [0.15, 0.2) is 0 Å². The summed E-state index contributed by atoms with van der Waals surface area (Å²) < 4.78 is 14.0. The van der Waals surface area contributed by atoms with Crippen molar-refractivity contribution in [3.05, 3.63) is 35.6 Å². The lowest BCUT2D eigenvalue weighted by Crippen LogP contribution is -2.56. The number of carbonyl (C=O) groups excluding carboxylic acids is 2. The van der Waals surface area contributed by atoms with Crippen molar-refractivity contribution in [3.8, 4) is 0 Å². The Morgan fingerprint density at radius 1 is 1.08 bits per heavy atom. The van der Waals surface area contributed by atoms with Gasteiger partial charge >= 0.3 is 0 Å². The second-order valence-corrected chi connectivity index (χ2v) is 7.22. The van der Waals surface area contributed by atoms with Crippen molar-refractivity contribution in [2.75, 3.05) is 26.2 Å². The van der Waals surface area contributed by atoms with Gasteiger partial charge in [-0.3, -0.25) is 14.5 Å². The molecule has 6 heteroatoms. The molecule has 2 saturated heterocycles. The first-order valence-corrected chi connectivity index (χ1v) is 9.68. The van der Waals surface area contributed by atoms with Crippen LogP contribution in [-0.2, 0) is 16.1 Å². The third-order valence-electron chi connectivity index (χ3n) is 5.35. The second kappa shape index (κ2) is 9.12. The molecule has 0 bridgehead atoms. The number of piperazine rings is 1. The van der Waals surface area contributed by atoms with E-state index in [0.29, 0.717) is 25.2 Å². The molecule has 1 N–H and O–H groups in total. The van der Waals surface area contributed by atoms with E-state index in [1.807, 2.05) is 9.80 Å². The minimum Gasteiger partial charge on any atom is -0.353 e. The Labute approximate surface area is 154 Å². The van der Waals surface area contributed by atoms with Crippen LogP contribution >= 0.6 is 0 Å². The maximum absolute atomic E-state index is 14.0. The zero-order chi connectivity index (χ0) is 18.4. The summed E-state index contributed by atoms with van der Waals surface area (Å²) in [7, 11) is 0. The van der Waals surface area contributed by atoms with Crippen LogP contribution in [0.5, 0.6) is 0 Å². The molecule has 3 rings (SSSR count). The molecule has 5 nitrogen and oxygen atoms in total. The molecule has 26 heavy (non-hydrogen) atoms. The third kappa shape index (κ3) is 4.81. The minimum absolute atomic E-state index is 0.0347. The van der Waals surface area contributed by atoms with Gasteiger partial charge < -0.3 is 10.2 Å². The molecule has 2 fully saturated rings. The van der Waals surface area contributed by atoms with Crippen LogP contribution in [0.15, 0.2) is 24.3 Å². The number of benzene rings is 1. The number of likely N-dealkylation sites (tertiary alicyclic amines) is 1. The number of amides is 2. The summed E-state index contributed by atoms with van der Waals surface area (Å²) in [5.41, 5.74) is 0.561. The van der Waals surface area contributed by atoms with E-state index in [1.165, 1.54) is 12.5 Å². The molecule has 1 unspecified atom stereocenters. The van der Waals surface area contributed by atoms with E-state index >= 15 is 0 Å². The van der Waals surface area contributed by atoms with Crippen molar-refractivity contribution < 1.29 is 14.0 Å². The van der Waals surface area contributed by atoms with Crippen molar-refractivity contribution in [2.45, 2.75) is 51.1 Å². The summed E-state index contributed by atoms with van der Waals surface area (Å²) in [6.07, 6.45) is 5.78. The van der Waals surface area contributed by atoms with E-state index in [-0.39, 0.29) is 24.1 Å². The SMILES string of the molecule is O=C1NCCN(Cc2ccccc2F)C1CC(=O)N1CCCCCCC1. The lowest BCUT2D eigenvalue weighted by atomic mass is 10.0. The molecule has 0 aromatic heterocycles. The van der Waals surface area contributed by atoms with Crippen LogP contribution in [-0.4, -0.2) is 53.8 Å². The number of carbonyl (C=O) groups is 2. The topological polar surface area (TPSA) is 52.7 Å². The Morgan fingerprint density at radius 2 is 1.77 bits per heavy atom. The predicted molar refractivity (Wildman–Crippen MR) is 97.9 cm³/mol. The fourth-order valence-electron chi connectivity index (χ4n) is 3.81. The lowest BCUT2D eigenvalue weighted by molar-refractivity contribution is -0.139. The Balaban J connectivity index is 1.66. The van der Waals surface area contributed by atoms with Crippen LogP contribution in [0.3, 0.4) is 0 Å². The van der Waals surface area contributed by atoms with Crippen LogP contribution in [0, 0.1) is 5.82 Å². The highest BCUT2D eigenvalue weighted by Gasteiger charge is 2.33. The smallest absolute Gasteiger partial charge is 0.237 e. The van der Waals surface area contributed by atoms with Gasteiger partial charge in [0.1, 0.15) is 5.82 Å². The summed E-state index contributed by atoms with van der Waals surface area (Å²) >= 11 is 0. The molecule has 1 aromatic rings. The van der Waals surface area contributed by atoms with E-state index in [2.05, 4.69) is 5.32 Å². The quantitative estimate of drug-likeness (QED) is 0.895. The summed E-state index contributed by atoms with van der Waals surface area (Å²) in [5, 5.41) is 2.85. The summed E-state index contributed by atoms with van der Waals surface area (Å²) in [5.74, 6) is -0.368. The molecule has 0 radical (unpaired) electrons. The van der Waals surface area contributed by atoms with Gasteiger partial charge in [0.05, 0.1) is 12.5 Å². The summed E-state index contributed by atoms with van der Waals surface area (Å²) in [6, 6.07) is 6.09. The summed E-state index contributed by atoms with van der Waals surface area (Å²) in [6.45, 7) is 3.05. The highest BCUT2D eigenvalue weighted by atomic mass is 19.1. The number of nitrogens with one attached hydrogen (secondary N) is 1. The molecular formula is C20H28FN3O2. The molecule has 0 spiro atoms. The zero-order valence-electron chi connectivity index (χ0n) is 15.3. The maximum Gasteiger partial charge on any atom is 0.237 e. The normalized spacial score (nSPS) is 22.4. The molecule has 2 heterocycles. The molecule has 1 atom stereocenters. The highest BCUT2D eigenvalue weighted by Crippen LogP contribution is 2.18. The zero-order valence-corrected chi connectivity index (χ0v) is 15.3. The molecule has 0 aliphatic carbocycles. The second-order valence-electron chi connectivity index (χ2n) is 7.22. The lowest BCUT2D eigenvalue weighted by Gasteiger charge is -2.36. The highest BCUT2D eigenvalue weighted by molar-refractivity contribution is 5.88. The van der Waals surface area contributed by atoms with Crippen molar-refractivity contribution in [2.24, 2.45) is 0 Å². The molecule has 0 saturated carbocycles. The van der Waals surface area contributed by atoms with Crippen molar-refractivity contribution >= 4 is 11.8 Å². The summed E-state index contributed by atoms with van der Waals surface area (Å²) in [4.78, 5) is 29.0. The van der Waals surface area contributed by atoms with Crippen LogP contribution < -0.4 is 5.32 Å². The average Bonchev–Trinajstić information content (AvgIpc) is 2.59. The number of nitrogens with zero attached hydrogens (tertiary/aromatic N) is 2. The first-order chi connectivity index (χ1) is 12.6. The minimum atomic E-state index is -0.527. The van der Waals surface area contributed by atoms with E-state index < -0.39 is 6.04 Å². The molecular weight excluding hydrogens is 333 g/mol. The van der Waals surface area contributed by atoms with Gasteiger partial charge in [-0.1, -0.05) is 37.5 Å². The monoisotopic (exact) mass is 361 g/mol. The predicted octanol–water partition coefficient (Wildman–Crippen LogP) is 2.31. The fourth-order valence-corrected chi connectivity index (χ4v) is 3.81. The van der Waals surface area contributed by atoms with Crippen LogP contribution in [0.25, 0.3) is 0 Å². The molecule has 2 amide bonds. The average molecular weight is 361 g/mol. The Morgan fingerprint density at radius 3 is 2.50 bits per heavy atom. The van der Waals surface area contributed by atoms with Crippen LogP contribution in [0.2, 0.25) is 0 Å². The van der Waals surface area contributed by atoms with E-state index in [9.17, 15) is 14.0 Å². The van der Waals surface area contributed by atoms with Crippen molar-refractivity contribution in [3.63, 3.8) is 0 Å². The Bertz CT molecular complexity index is 629. The first kappa shape index (κ1) is 18.8.